The van der Waals surface area contributed by atoms with Gasteiger partial charge in [-0.2, -0.15) is 4.31 Å². The van der Waals surface area contributed by atoms with E-state index in [-0.39, 0.29) is 54.6 Å². The third-order valence-electron chi connectivity index (χ3n) is 3.86. The van der Waals surface area contributed by atoms with Gasteiger partial charge in [-0.3, -0.25) is 10.1 Å². The van der Waals surface area contributed by atoms with Gasteiger partial charge in [-0.15, -0.1) is 12.4 Å². The van der Waals surface area contributed by atoms with Crippen molar-refractivity contribution in [1.29, 1.82) is 0 Å². The minimum absolute atomic E-state index is 0. The van der Waals surface area contributed by atoms with E-state index >= 15 is 0 Å². The highest BCUT2D eigenvalue weighted by Gasteiger charge is 2.36. The van der Waals surface area contributed by atoms with Crippen molar-refractivity contribution in [2.75, 3.05) is 26.3 Å². The molecular weight excluding hydrogens is 362 g/mol. The summed E-state index contributed by atoms with van der Waals surface area (Å²) in [4.78, 5) is 10.2. The number of sulfonamides is 1. The average Bonchev–Trinajstić information content (AvgIpc) is 2.53. The molecule has 3 rings (SSSR count). The molecule has 0 saturated carbocycles. The number of ether oxygens (including phenoxy) is 2. The van der Waals surface area contributed by atoms with Crippen LogP contribution in [0.5, 0.6) is 11.5 Å². The molecule has 1 atom stereocenters. The van der Waals surface area contributed by atoms with E-state index in [4.69, 9.17) is 15.2 Å². The minimum Gasteiger partial charge on any atom is -0.486 e. The van der Waals surface area contributed by atoms with Gasteiger partial charge in [-0.25, -0.2) is 8.42 Å². The Labute approximate surface area is 145 Å². The van der Waals surface area contributed by atoms with E-state index in [1.165, 1.54) is 10.4 Å². The van der Waals surface area contributed by atoms with Crippen LogP contribution < -0.4 is 15.2 Å². The Kier molecular flexibility index (Phi) is 5.53. The highest BCUT2D eigenvalue weighted by Crippen LogP contribution is 2.39. The van der Waals surface area contributed by atoms with Crippen LogP contribution >= 0.6 is 12.4 Å². The Hall–Kier alpha value is -1.62. The van der Waals surface area contributed by atoms with Crippen molar-refractivity contribution < 1.29 is 22.8 Å². The molecule has 0 spiro atoms. The number of benzene rings is 1. The first-order valence-corrected chi connectivity index (χ1v) is 8.67. The van der Waals surface area contributed by atoms with Crippen LogP contribution in [0, 0.1) is 10.1 Å². The van der Waals surface area contributed by atoms with E-state index in [1.54, 1.807) is 0 Å². The summed E-state index contributed by atoms with van der Waals surface area (Å²) in [6, 6.07) is 2.00. The molecule has 0 radical (unpaired) electrons. The molecule has 0 bridgehead atoms. The fourth-order valence-corrected chi connectivity index (χ4v) is 4.43. The number of nitro benzene ring substituents is 1. The predicted octanol–water partition coefficient (Wildman–Crippen LogP) is 0.900. The number of rotatable bonds is 3. The van der Waals surface area contributed by atoms with E-state index in [0.29, 0.717) is 13.0 Å². The summed E-state index contributed by atoms with van der Waals surface area (Å²) in [5.41, 5.74) is 5.30. The van der Waals surface area contributed by atoms with Crippen molar-refractivity contribution in [3.63, 3.8) is 0 Å². The molecule has 1 saturated heterocycles. The van der Waals surface area contributed by atoms with Gasteiger partial charge in [0, 0.05) is 25.2 Å². The van der Waals surface area contributed by atoms with Crippen LogP contribution in [0.25, 0.3) is 0 Å². The number of nitrogens with zero attached hydrogens (tertiary/aromatic N) is 2. The van der Waals surface area contributed by atoms with Gasteiger partial charge in [0.05, 0.1) is 11.0 Å². The van der Waals surface area contributed by atoms with Crippen LogP contribution in [0.15, 0.2) is 17.0 Å². The smallest absolute Gasteiger partial charge is 0.293 e. The first-order valence-electron chi connectivity index (χ1n) is 7.23. The summed E-state index contributed by atoms with van der Waals surface area (Å²) in [6.45, 7) is 0.964. The number of halogens is 1. The van der Waals surface area contributed by atoms with Crippen molar-refractivity contribution in [2.24, 2.45) is 5.73 Å². The molecule has 0 aromatic heterocycles. The van der Waals surface area contributed by atoms with Gasteiger partial charge < -0.3 is 15.2 Å². The molecule has 134 valence electrons. The standard InChI is InChI=1S/C13H17N3O6S.ClH/c14-9-2-1-3-15(8-9)23(19,20)13-7-12-11(21-4-5-22-12)6-10(13)16(17)18;/h6-7,9H,1-5,8,14H2;1H. The van der Waals surface area contributed by atoms with Crippen LogP contribution in [-0.4, -0.2) is 50.0 Å². The van der Waals surface area contributed by atoms with Crippen LogP contribution in [0.1, 0.15) is 12.8 Å². The van der Waals surface area contributed by atoms with Crippen LogP contribution in [-0.2, 0) is 10.0 Å². The Balaban J connectivity index is 0.00000208. The average molecular weight is 380 g/mol. The SMILES string of the molecule is Cl.NC1CCCN(S(=O)(=O)c2cc3c(cc2[N+](=O)[O-])OCCO3)C1. The fraction of sp³-hybridized carbons (Fsp3) is 0.538. The summed E-state index contributed by atoms with van der Waals surface area (Å²) in [7, 11) is -4.03. The van der Waals surface area contributed by atoms with Crippen LogP contribution in [0.3, 0.4) is 0 Å². The van der Waals surface area contributed by atoms with Gasteiger partial charge in [0.1, 0.15) is 13.2 Å². The van der Waals surface area contributed by atoms with Gasteiger partial charge in [0.15, 0.2) is 16.4 Å². The second-order valence-electron chi connectivity index (χ2n) is 5.49. The van der Waals surface area contributed by atoms with Gasteiger partial charge in [-0.1, -0.05) is 0 Å². The Morgan fingerprint density at radius 2 is 1.88 bits per heavy atom. The number of fused-ring (bicyclic) bond motifs is 1. The maximum Gasteiger partial charge on any atom is 0.293 e. The predicted molar refractivity (Wildman–Crippen MR) is 87.3 cm³/mol. The molecule has 1 aromatic rings. The molecule has 1 aromatic carbocycles. The Morgan fingerprint density at radius 1 is 1.25 bits per heavy atom. The second-order valence-corrected chi connectivity index (χ2v) is 7.39. The van der Waals surface area contributed by atoms with Gasteiger partial charge in [0.2, 0.25) is 10.0 Å². The lowest BCUT2D eigenvalue weighted by molar-refractivity contribution is -0.388. The lowest BCUT2D eigenvalue weighted by Crippen LogP contribution is -2.45. The molecule has 2 N–H and O–H groups in total. The molecule has 9 nitrogen and oxygen atoms in total. The fourth-order valence-electron chi connectivity index (χ4n) is 2.74. The van der Waals surface area contributed by atoms with Crippen molar-refractivity contribution >= 4 is 28.1 Å². The summed E-state index contributed by atoms with van der Waals surface area (Å²) < 4.78 is 37.5. The zero-order chi connectivity index (χ0) is 16.6. The largest absolute Gasteiger partial charge is 0.486 e. The monoisotopic (exact) mass is 379 g/mol. The van der Waals surface area contributed by atoms with Crippen molar-refractivity contribution in [3.05, 3.63) is 22.2 Å². The van der Waals surface area contributed by atoms with Crippen molar-refractivity contribution in [1.82, 2.24) is 4.31 Å². The van der Waals surface area contributed by atoms with E-state index in [1.807, 2.05) is 0 Å². The molecule has 1 unspecified atom stereocenters. The quantitative estimate of drug-likeness (QED) is 0.610. The number of piperidine rings is 1. The second kappa shape index (κ2) is 7.09. The minimum atomic E-state index is -4.03. The Morgan fingerprint density at radius 3 is 2.46 bits per heavy atom. The lowest BCUT2D eigenvalue weighted by Gasteiger charge is -2.30. The molecule has 11 heteroatoms. The molecular formula is C13H18ClN3O6S. The summed E-state index contributed by atoms with van der Waals surface area (Å²) in [5, 5.41) is 11.3. The number of hydrogen-bond acceptors (Lipinski definition) is 7. The number of nitro groups is 1. The molecule has 0 amide bonds. The number of nitrogens with two attached hydrogens (primary N) is 1. The van der Waals surface area contributed by atoms with Crippen LogP contribution in [0.4, 0.5) is 5.69 Å². The third-order valence-corrected chi connectivity index (χ3v) is 5.75. The summed E-state index contributed by atoms with van der Waals surface area (Å²) in [6.07, 6.45) is 1.36. The molecule has 0 aliphatic carbocycles. The summed E-state index contributed by atoms with van der Waals surface area (Å²) in [5.74, 6) is 0.374. The van der Waals surface area contributed by atoms with E-state index < -0.39 is 20.6 Å². The van der Waals surface area contributed by atoms with Crippen molar-refractivity contribution in [3.8, 4) is 11.5 Å². The van der Waals surface area contributed by atoms with E-state index in [9.17, 15) is 18.5 Å². The Bertz CT molecular complexity index is 741. The number of hydrogen-bond donors (Lipinski definition) is 1. The zero-order valence-electron chi connectivity index (χ0n) is 12.7. The van der Waals surface area contributed by atoms with Crippen molar-refractivity contribution in [2.45, 2.75) is 23.8 Å². The first kappa shape index (κ1) is 18.7. The van der Waals surface area contributed by atoms with Crippen LogP contribution in [0.2, 0.25) is 0 Å². The highest BCUT2D eigenvalue weighted by molar-refractivity contribution is 7.89. The molecule has 2 heterocycles. The van der Waals surface area contributed by atoms with E-state index in [0.717, 1.165) is 12.5 Å². The van der Waals surface area contributed by atoms with E-state index in [2.05, 4.69) is 0 Å². The molecule has 2 aliphatic heterocycles. The highest BCUT2D eigenvalue weighted by atomic mass is 35.5. The molecule has 2 aliphatic rings. The van der Waals surface area contributed by atoms with Gasteiger partial charge >= 0.3 is 0 Å². The third kappa shape index (κ3) is 3.41. The topological polar surface area (TPSA) is 125 Å². The molecule has 24 heavy (non-hydrogen) atoms. The maximum atomic E-state index is 12.8. The lowest BCUT2D eigenvalue weighted by atomic mass is 10.1. The summed E-state index contributed by atoms with van der Waals surface area (Å²) >= 11 is 0. The molecule has 1 fully saturated rings. The van der Waals surface area contributed by atoms with Gasteiger partial charge in [-0.05, 0) is 12.8 Å². The first-order chi connectivity index (χ1) is 10.9. The maximum absolute atomic E-state index is 12.8. The van der Waals surface area contributed by atoms with Gasteiger partial charge in [0.25, 0.3) is 5.69 Å². The normalized spacial score (nSPS) is 21.0. The zero-order valence-corrected chi connectivity index (χ0v) is 14.3.